The Labute approximate surface area is 158 Å². The second-order valence-corrected chi connectivity index (χ2v) is 7.45. The Morgan fingerprint density at radius 1 is 1.00 bits per heavy atom. The summed E-state index contributed by atoms with van der Waals surface area (Å²) in [5.74, 6) is 0.0170. The summed E-state index contributed by atoms with van der Waals surface area (Å²) in [6.07, 6.45) is 7.85. The Bertz CT molecular complexity index is 1120. The molecule has 2 aromatic carbocycles. The average Bonchev–Trinajstić information content (AvgIpc) is 3.30. The number of nitrogens with zero attached hydrogens (tertiary/aromatic N) is 1. The summed E-state index contributed by atoms with van der Waals surface area (Å²) in [6, 6.07) is 18.7. The summed E-state index contributed by atoms with van der Waals surface area (Å²) >= 11 is 0. The minimum atomic E-state index is 0.0170. The van der Waals surface area contributed by atoms with E-state index < -0.39 is 0 Å². The minimum absolute atomic E-state index is 0.0170. The van der Waals surface area contributed by atoms with E-state index in [-0.39, 0.29) is 5.91 Å². The van der Waals surface area contributed by atoms with Crippen LogP contribution in [-0.4, -0.2) is 21.5 Å². The molecule has 0 radical (unpaired) electrons. The SMILES string of the molecule is O=C(NC1CCCCC1)c1cc2ccccc2n1-c1c[nH]c2ccccc12. The maximum atomic E-state index is 13.2. The normalized spacial score (nSPS) is 15.4. The number of amides is 1. The van der Waals surface area contributed by atoms with Crippen molar-refractivity contribution in [1.29, 1.82) is 0 Å². The van der Waals surface area contributed by atoms with Gasteiger partial charge in [0.1, 0.15) is 5.69 Å². The second kappa shape index (κ2) is 6.62. The van der Waals surface area contributed by atoms with Gasteiger partial charge in [0.25, 0.3) is 5.91 Å². The molecule has 1 fully saturated rings. The van der Waals surface area contributed by atoms with Gasteiger partial charge in [0.2, 0.25) is 0 Å². The largest absolute Gasteiger partial charge is 0.359 e. The number of aromatic amines is 1. The van der Waals surface area contributed by atoms with E-state index in [0.29, 0.717) is 11.7 Å². The molecule has 136 valence electrons. The number of carbonyl (C=O) groups is 1. The number of carbonyl (C=O) groups excluding carboxylic acids is 1. The summed E-state index contributed by atoms with van der Waals surface area (Å²) in [5.41, 5.74) is 3.84. The fourth-order valence-corrected chi connectivity index (χ4v) is 4.33. The highest BCUT2D eigenvalue weighted by Crippen LogP contribution is 2.29. The maximum Gasteiger partial charge on any atom is 0.268 e. The van der Waals surface area contributed by atoms with Gasteiger partial charge in [-0.15, -0.1) is 0 Å². The van der Waals surface area contributed by atoms with Gasteiger partial charge in [0, 0.05) is 28.5 Å². The standard InChI is InChI=1S/C23H23N3O/c27-23(25-17-9-2-1-3-10-17)21-14-16-8-4-7-13-20(16)26(21)22-15-24-19-12-6-5-11-18(19)22/h4-8,11-15,17,24H,1-3,9-10H2,(H,25,27). The molecule has 2 heterocycles. The lowest BCUT2D eigenvalue weighted by Crippen LogP contribution is -2.37. The molecule has 2 N–H and O–H groups in total. The first kappa shape index (κ1) is 16.2. The van der Waals surface area contributed by atoms with Crippen LogP contribution < -0.4 is 5.32 Å². The number of H-pyrrole nitrogens is 1. The van der Waals surface area contributed by atoms with Crippen LogP contribution in [0, 0.1) is 0 Å². The zero-order chi connectivity index (χ0) is 18.2. The van der Waals surface area contributed by atoms with Crippen molar-refractivity contribution in [2.24, 2.45) is 0 Å². The first-order valence-electron chi connectivity index (χ1n) is 9.79. The van der Waals surface area contributed by atoms with Crippen molar-refractivity contribution in [2.45, 2.75) is 38.1 Å². The van der Waals surface area contributed by atoms with Crippen molar-refractivity contribution >= 4 is 27.7 Å². The second-order valence-electron chi connectivity index (χ2n) is 7.45. The van der Waals surface area contributed by atoms with Crippen LogP contribution in [0.4, 0.5) is 0 Å². The molecule has 4 heteroatoms. The number of rotatable bonds is 3. The predicted octanol–water partition coefficient (Wildman–Crippen LogP) is 5.17. The highest BCUT2D eigenvalue weighted by atomic mass is 16.2. The van der Waals surface area contributed by atoms with Gasteiger partial charge < -0.3 is 14.9 Å². The molecular weight excluding hydrogens is 334 g/mol. The topological polar surface area (TPSA) is 49.8 Å². The van der Waals surface area contributed by atoms with Gasteiger partial charge in [-0.25, -0.2) is 0 Å². The number of benzene rings is 2. The van der Waals surface area contributed by atoms with Crippen molar-refractivity contribution in [1.82, 2.24) is 14.9 Å². The number of para-hydroxylation sites is 2. The number of fused-ring (bicyclic) bond motifs is 2. The Kier molecular flexibility index (Phi) is 3.97. The average molecular weight is 357 g/mol. The molecule has 4 nitrogen and oxygen atoms in total. The Morgan fingerprint density at radius 3 is 2.67 bits per heavy atom. The lowest BCUT2D eigenvalue weighted by molar-refractivity contribution is 0.0921. The summed E-state index contributed by atoms with van der Waals surface area (Å²) < 4.78 is 2.09. The molecule has 5 rings (SSSR count). The van der Waals surface area contributed by atoms with Crippen LogP contribution in [0.25, 0.3) is 27.5 Å². The van der Waals surface area contributed by atoms with E-state index in [1.807, 2.05) is 36.5 Å². The van der Waals surface area contributed by atoms with E-state index in [4.69, 9.17) is 0 Å². The van der Waals surface area contributed by atoms with Crippen LogP contribution in [0.15, 0.2) is 60.8 Å². The van der Waals surface area contributed by atoms with Crippen LogP contribution in [0.3, 0.4) is 0 Å². The zero-order valence-electron chi connectivity index (χ0n) is 15.2. The van der Waals surface area contributed by atoms with Crippen molar-refractivity contribution < 1.29 is 4.79 Å². The monoisotopic (exact) mass is 357 g/mol. The third-order valence-electron chi connectivity index (χ3n) is 5.69. The lowest BCUT2D eigenvalue weighted by Gasteiger charge is -2.23. The molecule has 2 aromatic heterocycles. The molecule has 4 aromatic rings. The first-order chi connectivity index (χ1) is 13.3. The molecule has 1 aliphatic carbocycles. The van der Waals surface area contributed by atoms with Gasteiger partial charge in [-0.2, -0.15) is 0 Å². The van der Waals surface area contributed by atoms with E-state index in [9.17, 15) is 4.79 Å². The summed E-state index contributed by atoms with van der Waals surface area (Å²) in [5, 5.41) is 5.47. The highest BCUT2D eigenvalue weighted by Gasteiger charge is 2.22. The van der Waals surface area contributed by atoms with Crippen LogP contribution in [0.2, 0.25) is 0 Å². The molecule has 0 spiro atoms. The third kappa shape index (κ3) is 2.81. The fourth-order valence-electron chi connectivity index (χ4n) is 4.33. The molecule has 0 aliphatic heterocycles. The van der Waals surface area contributed by atoms with E-state index in [0.717, 1.165) is 40.3 Å². The van der Waals surface area contributed by atoms with Gasteiger partial charge in [-0.3, -0.25) is 4.79 Å². The lowest BCUT2D eigenvalue weighted by atomic mass is 9.95. The van der Waals surface area contributed by atoms with Gasteiger partial charge in [0.15, 0.2) is 0 Å². The zero-order valence-corrected chi connectivity index (χ0v) is 15.2. The van der Waals surface area contributed by atoms with E-state index >= 15 is 0 Å². The smallest absolute Gasteiger partial charge is 0.268 e. The number of hydrogen-bond acceptors (Lipinski definition) is 1. The Morgan fingerprint density at radius 2 is 1.78 bits per heavy atom. The fraction of sp³-hybridized carbons (Fsp3) is 0.261. The number of aromatic nitrogens is 2. The van der Waals surface area contributed by atoms with Crippen LogP contribution in [-0.2, 0) is 0 Å². The summed E-state index contributed by atoms with van der Waals surface area (Å²) in [6.45, 7) is 0. The molecule has 0 unspecified atom stereocenters. The van der Waals surface area contributed by atoms with Crippen molar-refractivity contribution in [3.05, 3.63) is 66.5 Å². The molecule has 1 aliphatic rings. The minimum Gasteiger partial charge on any atom is -0.359 e. The number of nitrogens with one attached hydrogen (secondary N) is 2. The van der Waals surface area contributed by atoms with Crippen LogP contribution in [0.1, 0.15) is 42.6 Å². The van der Waals surface area contributed by atoms with Crippen molar-refractivity contribution in [3.63, 3.8) is 0 Å². The molecule has 0 saturated heterocycles. The molecule has 0 bridgehead atoms. The van der Waals surface area contributed by atoms with Gasteiger partial charge >= 0.3 is 0 Å². The molecular formula is C23H23N3O. The maximum absolute atomic E-state index is 13.2. The quantitative estimate of drug-likeness (QED) is 0.522. The Balaban J connectivity index is 1.64. The van der Waals surface area contributed by atoms with Gasteiger partial charge in [-0.05, 0) is 31.0 Å². The van der Waals surface area contributed by atoms with Crippen LogP contribution in [0.5, 0.6) is 0 Å². The molecule has 1 amide bonds. The van der Waals surface area contributed by atoms with Crippen LogP contribution >= 0.6 is 0 Å². The summed E-state index contributed by atoms with van der Waals surface area (Å²) in [7, 11) is 0. The molecule has 27 heavy (non-hydrogen) atoms. The predicted molar refractivity (Wildman–Crippen MR) is 109 cm³/mol. The van der Waals surface area contributed by atoms with E-state index in [1.54, 1.807) is 0 Å². The molecule has 0 atom stereocenters. The number of hydrogen-bond donors (Lipinski definition) is 2. The summed E-state index contributed by atoms with van der Waals surface area (Å²) in [4.78, 5) is 16.5. The third-order valence-corrected chi connectivity index (χ3v) is 5.69. The van der Waals surface area contributed by atoms with Gasteiger partial charge in [-0.1, -0.05) is 55.7 Å². The van der Waals surface area contributed by atoms with Crippen molar-refractivity contribution in [3.8, 4) is 5.69 Å². The van der Waals surface area contributed by atoms with Gasteiger partial charge in [0.05, 0.1) is 11.2 Å². The Hall–Kier alpha value is -3.01. The van der Waals surface area contributed by atoms with E-state index in [2.05, 4.69) is 39.1 Å². The molecule has 1 saturated carbocycles. The highest BCUT2D eigenvalue weighted by molar-refractivity contribution is 6.02. The van der Waals surface area contributed by atoms with E-state index in [1.165, 1.54) is 19.3 Å². The van der Waals surface area contributed by atoms with Crippen molar-refractivity contribution in [2.75, 3.05) is 0 Å². The first-order valence-corrected chi connectivity index (χ1v) is 9.79.